The van der Waals surface area contributed by atoms with Crippen molar-refractivity contribution in [3.05, 3.63) is 32.2 Å². The molecule has 13 heavy (non-hydrogen) atoms. The van der Waals surface area contributed by atoms with Crippen molar-refractivity contribution in [2.24, 2.45) is 0 Å². The standard InChI is InChI=1S/C8H4Br2N2S/c9-7-6(12-8(10)13-7)5-1-3-11-4-2-5/h1-4H. The molecule has 2 nitrogen and oxygen atoms in total. The maximum atomic E-state index is 4.34. The molecule has 0 radical (unpaired) electrons. The Bertz CT molecular complexity index is 413. The average Bonchev–Trinajstić information content (AvgIpc) is 2.47. The third-order valence-electron chi connectivity index (χ3n) is 1.51. The molecule has 0 aliphatic heterocycles. The molecule has 0 aromatic carbocycles. The quantitative estimate of drug-likeness (QED) is 0.800. The first-order chi connectivity index (χ1) is 6.27. The highest BCUT2D eigenvalue weighted by Crippen LogP contribution is 2.34. The van der Waals surface area contributed by atoms with Crippen LogP contribution >= 0.6 is 43.2 Å². The van der Waals surface area contributed by atoms with Crippen LogP contribution in [0.5, 0.6) is 0 Å². The Balaban J connectivity index is 2.53. The zero-order chi connectivity index (χ0) is 9.26. The number of hydrogen-bond acceptors (Lipinski definition) is 3. The Kier molecular flexibility index (Phi) is 2.76. The van der Waals surface area contributed by atoms with E-state index in [2.05, 4.69) is 41.8 Å². The first kappa shape index (κ1) is 9.30. The van der Waals surface area contributed by atoms with Gasteiger partial charge in [0.15, 0.2) is 3.92 Å². The van der Waals surface area contributed by atoms with Crippen LogP contribution in [-0.4, -0.2) is 9.97 Å². The summed E-state index contributed by atoms with van der Waals surface area (Å²) >= 11 is 8.37. The number of nitrogens with zero attached hydrogens (tertiary/aromatic N) is 2. The van der Waals surface area contributed by atoms with Crippen molar-refractivity contribution in [1.82, 2.24) is 9.97 Å². The van der Waals surface area contributed by atoms with E-state index in [1.165, 1.54) is 0 Å². The summed E-state index contributed by atoms with van der Waals surface area (Å²) in [6, 6.07) is 3.87. The summed E-state index contributed by atoms with van der Waals surface area (Å²) in [5.41, 5.74) is 2.03. The SMILES string of the molecule is Brc1nc(-c2ccncc2)c(Br)s1. The van der Waals surface area contributed by atoms with Gasteiger partial charge in [0.05, 0.1) is 9.48 Å². The molecule has 5 heteroatoms. The Labute approximate surface area is 96.3 Å². The Hall–Kier alpha value is -0.260. The minimum Gasteiger partial charge on any atom is -0.265 e. The van der Waals surface area contributed by atoms with Gasteiger partial charge in [0.2, 0.25) is 0 Å². The molecule has 0 spiro atoms. The lowest BCUT2D eigenvalue weighted by molar-refractivity contribution is 1.30. The monoisotopic (exact) mass is 318 g/mol. The maximum absolute atomic E-state index is 4.34. The second-order valence-electron chi connectivity index (χ2n) is 2.33. The Morgan fingerprint density at radius 2 is 1.85 bits per heavy atom. The second kappa shape index (κ2) is 3.86. The Morgan fingerprint density at radius 3 is 2.38 bits per heavy atom. The highest BCUT2D eigenvalue weighted by atomic mass is 79.9. The van der Waals surface area contributed by atoms with Crippen LogP contribution in [0.2, 0.25) is 0 Å². The predicted molar refractivity (Wildman–Crippen MR) is 60.7 cm³/mol. The largest absolute Gasteiger partial charge is 0.265 e. The molecule has 0 saturated carbocycles. The van der Waals surface area contributed by atoms with E-state index >= 15 is 0 Å². The fourth-order valence-electron chi connectivity index (χ4n) is 0.965. The minimum atomic E-state index is 0.881. The van der Waals surface area contributed by atoms with Crippen LogP contribution in [-0.2, 0) is 0 Å². The fraction of sp³-hybridized carbons (Fsp3) is 0. The van der Waals surface area contributed by atoms with Gasteiger partial charge in [-0.05, 0) is 44.0 Å². The molecule has 0 saturated heterocycles. The van der Waals surface area contributed by atoms with E-state index in [1.807, 2.05) is 12.1 Å². The van der Waals surface area contributed by atoms with Gasteiger partial charge in [-0.2, -0.15) is 0 Å². The van der Waals surface area contributed by atoms with Crippen LogP contribution in [0.15, 0.2) is 32.2 Å². The third kappa shape index (κ3) is 1.98. The molecule has 0 amide bonds. The summed E-state index contributed by atoms with van der Waals surface area (Å²) in [5.74, 6) is 0. The van der Waals surface area contributed by atoms with E-state index in [-0.39, 0.29) is 0 Å². The van der Waals surface area contributed by atoms with Gasteiger partial charge < -0.3 is 0 Å². The number of aromatic nitrogens is 2. The van der Waals surface area contributed by atoms with Crippen molar-refractivity contribution in [3.63, 3.8) is 0 Å². The van der Waals surface area contributed by atoms with Crippen LogP contribution in [0.4, 0.5) is 0 Å². The summed E-state index contributed by atoms with van der Waals surface area (Å²) in [6.45, 7) is 0. The lowest BCUT2D eigenvalue weighted by Gasteiger charge is -1.94. The molecule has 0 fully saturated rings. The van der Waals surface area contributed by atoms with E-state index in [0.29, 0.717) is 0 Å². The molecular weight excluding hydrogens is 316 g/mol. The van der Waals surface area contributed by atoms with Crippen LogP contribution in [0, 0.1) is 0 Å². The van der Waals surface area contributed by atoms with Gasteiger partial charge >= 0.3 is 0 Å². The molecule has 0 unspecified atom stereocenters. The van der Waals surface area contributed by atoms with E-state index in [0.717, 1.165) is 19.0 Å². The summed E-state index contributed by atoms with van der Waals surface area (Å²) < 4.78 is 1.91. The highest BCUT2D eigenvalue weighted by molar-refractivity contribution is 9.12. The maximum Gasteiger partial charge on any atom is 0.160 e. The van der Waals surface area contributed by atoms with Gasteiger partial charge in [-0.15, -0.1) is 0 Å². The summed E-state index contributed by atoms with van der Waals surface area (Å²) in [7, 11) is 0. The topological polar surface area (TPSA) is 25.8 Å². The molecule has 2 rings (SSSR count). The van der Waals surface area contributed by atoms with Gasteiger partial charge in [0.25, 0.3) is 0 Å². The van der Waals surface area contributed by atoms with Crippen LogP contribution in [0.1, 0.15) is 0 Å². The van der Waals surface area contributed by atoms with Crippen LogP contribution in [0.3, 0.4) is 0 Å². The van der Waals surface area contributed by atoms with Crippen LogP contribution < -0.4 is 0 Å². The number of pyridine rings is 1. The average molecular weight is 320 g/mol. The van der Waals surface area contributed by atoms with Crippen molar-refractivity contribution in [3.8, 4) is 11.3 Å². The van der Waals surface area contributed by atoms with E-state index < -0.39 is 0 Å². The molecule has 0 atom stereocenters. The summed E-state index contributed by atoms with van der Waals surface area (Å²) in [6.07, 6.45) is 3.52. The summed E-state index contributed by atoms with van der Waals surface area (Å²) in [4.78, 5) is 8.30. The van der Waals surface area contributed by atoms with Crippen molar-refractivity contribution in [1.29, 1.82) is 0 Å². The molecule has 0 aliphatic carbocycles. The molecule has 2 heterocycles. The molecule has 0 N–H and O–H groups in total. The van der Waals surface area contributed by atoms with Crippen molar-refractivity contribution >= 4 is 43.2 Å². The number of hydrogen-bond donors (Lipinski definition) is 0. The lowest BCUT2D eigenvalue weighted by Crippen LogP contribution is -1.78. The zero-order valence-corrected chi connectivity index (χ0v) is 10.4. The molecule has 0 bridgehead atoms. The first-order valence-corrected chi connectivity index (χ1v) is 5.90. The van der Waals surface area contributed by atoms with Gasteiger partial charge in [0, 0.05) is 18.0 Å². The molecule has 2 aromatic rings. The third-order valence-corrected chi connectivity index (χ3v) is 3.67. The molecule has 0 aliphatic rings. The van der Waals surface area contributed by atoms with E-state index in [1.54, 1.807) is 23.7 Å². The van der Waals surface area contributed by atoms with Gasteiger partial charge in [-0.25, -0.2) is 4.98 Å². The lowest BCUT2D eigenvalue weighted by atomic mass is 10.2. The van der Waals surface area contributed by atoms with E-state index in [9.17, 15) is 0 Å². The molecule has 2 aromatic heterocycles. The number of halogens is 2. The van der Waals surface area contributed by atoms with Crippen molar-refractivity contribution in [2.75, 3.05) is 0 Å². The second-order valence-corrected chi connectivity index (χ2v) is 5.92. The molecular formula is C8H4Br2N2S. The fourth-order valence-corrected chi connectivity index (χ4v) is 3.60. The van der Waals surface area contributed by atoms with Gasteiger partial charge in [-0.1, -0.05) is 11.3 Å². The minimum absolute atomic E-state index is 0.881. The Morgan fingerprint density at radius 1 is 1.15 bits per heavy atom. The van der Waals surface area contributed by atoms with E-state index in [4.69, 9.17) is 0 Å². The zero-order valence-electron chi connectivity index (χ0n) is 6.37. The highest BCUT2D eigenvalue weighted by Gasteiger charge is 2.08. The molecule has 66 valence electrons. The normalized spacial score (nSPS) is 10.3. The van der Waals surface area contributed by atoms with Crippen molar-refractivity contribution in [2.45, 2.75) is 0 Å². The van der Waals surface area contributed by atoms with Gasteiger partial charge in [-0.3, -0.25) is 4.98 Å². The predicted octanol–water partition coefficient (Wildman–Crippen LogP) is 3.73. The van der Waals surface area contributed by atoms with Gasteiger partial charge in [0.1, 0.15) is 0 Å². The van der Waals surface area contributed by atoms with Crippen LogP contribution in [0.25, 0.3) is 11.3 Å². The van der Waals surface area contributed by atoms with Crippen molar-refractivity contribution < 1.29 is 0 Å². The summed E-state index contributed by atoms with van der Waals surface area (Å²) in [5, 5.41) is 0. The number of rotatable bonds is 1. The number of thiazole rings is 1. The first-order valence-electron chi connectivity index (χ1n) is 3.49. The smallest absolute Gasteiger partial charge is 0.160 e.